The molecule has 0 saturated heterocycles. The van der Waals surface area contributed by atoms with Crippen molar-refractivity contribution in [3.05, 3.63) is 0 Å². The number of rotatable bonds is 5. The van der Waals surface area contributed by atoms with Gasteiger partial charge in [-0.25, -0.2) is 0 Å². The molecule has 0 bridgehead atoms. The smallest absolute Gasteiger partial charge is 0.132 e. The first-order valence-corrected chi connectivity index (χ1v) is 8.83. The van der Waals surface area contributed by atoms with Crippen LogP contribution in [0, 0.1) is 11.5 Å². The molecule has 0 rings (SSSR count). The molecule has 0 aromatic rings. The second-order valence-corrected chi connectivity index (χ2v) is 9.07. The molecule has 0 spiro atoms. The van der Waals surface area contributed by atoms with Crippen LogP contribution >= 0.6 is 0 Å². The van der Waals surface area contributed by atoms with E-state index in [0.717, 1.165) is 6.42 Å². The zero-order valence-corrected chi connectivity index (χ0v) is 10.7. The molecular weight excluding hydrogens is 172 g/mol. The Morgan fingerprint density at radius 2 is 1.69 bits per heavy atom. The van der Waals surface area contributed by atoms with Crippen LogP contribution in [0.4, 0.5) is 0 Å². The van der Waals surface area contributed by atoms with Crippen LogP contribution in [0.1, 0.15) is 46.0 Å². The minimum Gasteiger partial charge on any atom is -0.132 e. The van der Waals surface area contributed by atoms with E-state index < -0.39 is 8.07 Å². The summed E-state index contributed by atoms with van der Waals surface area (Å²) in [5.41, 5.74) is 3.47. The average Bonchev–Trinajstić information content (AvgIpc) is 2.11. The maximum atomic E-state index is 3.47. The third-order valence-electron chi connectivity index (χ3n) is 2.47. The van der Waals surface area contributed by atoms with E-state index >= 15 is 0 Å². The monoisotopic (exact) mass is 196 g/mol. The molecule has 0 aliphatic rings. The first kappa shape index (κ1) is 12.8. The highest BCUT2D eigenvalue weighted by molar-refractivity contribution is 6.85. The predicted molar refractivity (Wildman–Crippen MR) is 64.5 cm³/mol. The Morgan fingerprint density at radius 3 is 2.23 bits per heavy atom. The Bertz CT molecular complexity index is 171. The lowest BCUT2D eigenvalue weighted by Crippen LogP contribution is -2.21. The Kier molecular flexibility index (Phi) is 7.08. The van der Waals surface area contributed by atoms with Crippen molar-refractivity contribution < 1.29 is 0 Å². The van der Waals surface area contributed by atoms with Crippen LogP contribution in [0.25, 0.3) is 0 Å². The van der Waals surface area contributed by atoms with Crippen LogP contribution in [0.2, 0.25) is 19.1 Å². The SMILES string of the molecule is CCCCCCC#C[Si](C)(C)CC. The van der Waals surface area contributed by atoms with Crippen LogP contribution in [0.5, 0.6) is 0 Å². The van der Waals surface area contributed by atoms with E-state index in [1.807, 2.05) is 0 Å². The predicted octanol–water partition coefficient (Wildman–Crippen LogP) is 4.23. The van der Waals surface area contributed by atoms with Crippen molar-refractivity contribution in [3.63, 3.8) is 0 Å². The molecule has 0 fully saturated rings. The molecule has 0 atom stereocenters. The Morgan fingerprint density at radius 1 is 1.00 bits per heavy atom. The van der Waals surface area contributed by atoms with Gasteiger partial charge in [-0.05, 0) is 12.5 Å². The van der Waals surface area contributed by atoms with Gasteiger partial charge in [0.05, 0.1) is 0 Å². The van der Waals surface area contributed by atoms with Crippen LogP contribution in [-0.4, -0.2) is 8.07 Å². The van der Waals surface area contributed by atoms with Crippen molar-refractivity contribution in [1.29, 1.82) is 0 Å². The van der Waals surface area contributed by atoms with Gasteiger partial charge in [0.25, 0.3) is 0 Å². The lowest BCUT2D eigenvalue weighted by atomic mass is 10.2. The van der Waals surface area contributed by atoms with Crippen molar-refractivity contribution >= 4 is 8.07 Å². The normalized spacial score (nSPS) is 10.8. The summed E-state index contributed by atoms with van der Waals surface area (Å²) in [5, 5.41) is 0. The summed E-state index contributed by atoms with van der Waals surface area (Å²) in [5.74, 6) is 3.35. The standard InChI is InChI=1S/C12H24Si/c1-5-7-8-9-10-11-12-13(3,4)6-2/h5-10H2,1-4H3. The first-order chi connectivity index (χ1) is 6.12. The van der Waals surface area contributed by atoms with Gasteiger partial charge in [-0.3, -0.25) is 0 Å². The Labute approximate surface area is 85.1 Å². The molecule has 0 aliphatic carbocycles. The maximum Gasteiger partial charge on any atom is 0.132 e. The lowest BCUT2D eigenvalue weighted by Gasteiger charge is -2.09. The van der Waals surface area contributed by atoms with Gasteiger partial charge in [0.2, 0.25) is 0 Å². The van der Waals surface area contributed by atoms with E-state index in [4.69, 9.17) is 0 Å². The summed E-state index contributed by atoms with van der Waals surface area (Å²) in [6, 6.07) is 1.29. The van der Waals surface area contributed by atoms with Crippen molar-refractivity contribution in [2.24, 2.45) is 0 Å². The maximum absolute atomic E-state index is 3.47. The molecule has 1 heteroatoms. The second kappa shape index (κ2) is 7.21. The molecule has 0 aromatic carbocycles. The molecule has 0 unspecified atom stereocenters. The quantitative estimate of drug-likeness (QED) is 0.351. The first-order valence-electron chi connectivity index (χ1n) is 5.62. The molecule has 0 aliphatic heterocycles. The van der Waals surface area contributed by atoms with E-state index in [-0.39, 0.29) is 0 Å². The summed E-state index contributed by atoms with van der Waals surface area (Å²) in [4.78, 5) is 0. The molecule has 0 N–H and O–H groups in total. The molecule has 13 heavy (non-hydrogen) atoms. The van der Waals surface area contributed by atoms with Gasteiger partial charge in [0, 0.05) is 6.42 Å². The number of hydrogen-bond donors (Lipinski definition) is 0. The molecule has 0 saturated carbocycles. The molecule has 76 valence electrons. The zero-order valence-electron chi connectivity index (χ0n) is 9.74. The van der Waals surface area contributed by atoms with Gasteiger partial charge in [-0.15, -0.1) is 11.5 Å². The topological polar surface area (TPSA) is 0 Å². The Balaban J connectivity index is 3.50. The number of unbranched alkanes of at least 4 members (excludes halogenated alkanes) is 4. The van der Waals surface area contributed by atoms with E-state index in [0.29, 0.717) is 0 Å². The largest absolute Gasteiger partial charge is 0.132 e. The van der Waals surface area contributed by atoms with Crippen LogP contribution in [0.3, 0.4) is 0 Å². The van der Waals surface area contributed by atoms with Gasteiger partial charge in [-0.1, -0.05) is 46.2 Å². The van der Waals surface area contributed by atoms with Crippen molar-refractivity contribution in [2.75, 3.05) is 0 Å². The second-order valence-electron chi connectivity index (χ2n) is 4.35. The Hall–Kier alpha value is -0.223. The minimum atomic E-state index is -1.11. The van der Waals surface area contributed by atoms with Crippen LogP contribution in [0.15, 0.2) is 0 Å². The highest BCUT2D eigenvalue weighted by Crippen LogP contribution is 2.06. The number of hydrogen-bond acceptors (Lipinski definition) is 0. The van der Waals surface area contributed by atoms with E-state index in [2.05, 4.69) is 38.4 Å². The van der Waals surface area contributed by atoms with Crippen LogP contribution < -0.4 is 0 Å². The fourth-order valence-electron chi connectivity index (χ4n) is 1.03. The lowest BCUT2D eigenvalue weighted by molar-refractivity contribution is 0.680. The summed E-state index contributed by atoms with van der Waals surface area (Å²) in [6.45, 7) is 9.22. The van der Waals surface area contributed by atoms with E-state index in [1.54, 1.807) is 0 Å². The molecular formula is C12H24Si. The van der Waals surface area contributed by atoms with E-state index in [9.17, 15) is 0 Å². The highest BCUT2D eigenvalue weighted by atomic mass is 28.3. The van der Waals surface area contributed by atoms with E-state index in [1.165, 1.54) is 31.7 Å². The molecule has 0 radical (unpaired) electrons. The molecule has 0 aromatic heterocycles. The van der Waals surface area contributed by atoms with Crippen molar-refractivity contribution in [3.8, 4) is 11.5 Å². The fraction of sp³-hybridized carbons (Fsp3) is 0.833. The van der Waals surface area contributed by atoms with Crippen LogP contribution in [-0.2, 0) is 0 Å². The third kappa shape index (κ3) is 8.12. The molecule has 0 heterocycles. The van der Waals surface area contributed by atoms with Gasteiger partial charge in [-0.2, -0.15) is 0 Å². The van der Waals surface area contributed by atoms with Crippen molar-refractivity contribution in [2.45, 2.75) is 65.1 Å². The summed E-state index contributed by atoms with van der Waals surface area (Å²) < 4.78 is 0. The highest BCUT2D eigenvalue weighted by Gasteiger charge is 2.13. The van der Waals surface area contributed by atoms with Gasteiger partial charge in [0.1, 0.15) is 8.07 Å². The summed E-state index contributed by atoms with van der Waals surface area (Å²) in [7, 11) is -1.11. The third-order valence-corrected chi connectivity index (χ3v) is 5.09. The van der Waals surface area contributed by atoms with Crippen molar-refractivity contribution in [1.82, 2.24) is 0 Å². The molecule has 0 nitrogen and oxygen atoms in total. The zero-order chi connectivity index (χ0) is 10.2. The average molecular weight is 196 g/mol. The summed E-state index contributed by atoms with van der Waals surface area (Å²) in [6.07, 6.45) is 6.48. The van der Waals surface area contributed by atoms with Gasteiger partial charge in [0.15, 0.2) is 0 Å². The van der Waals surface area contributed by atoms with Gasteiger partial charge >= 0.3 is 0 Å². The summed E-state index contributed by atoms with van der Waals surface area (Å²) >= 11 is 0. The van der Waals surface area contributed by atoms with Gasteiger partial charge < -0.3 is 0 Å². The molecule has 0 amide bonds. The fourth-order valence-corrected chi connectivity index (χ4v) is 1.81. The minimum absolute atomic E-state index is 1.11.